The molecule has 0 saturated carbocycles. The maximum absolute atomic E-state index is 2.69. The topological polar surface area (TPSA) is 19.0 Å². The summed E-state index contributed by atoms with van der Waals surface area (Å²) < 4.78 is 5.32. The van der Waals surface area contributed by atoms with Crippen LogP contribution in [-0.2, 0) is 13.1 Å². The molecule has 0 spiro atoms. The number of nitrogens with zero attached hydrogens (tertiary/aromatic N) is 6. The van der Waals surface area contributed by atoms with Crippen LogP contribution in [0.15, 0.2) is 60.7 Å². The lowest BCUT2D eigenvalue weighted by Crippen LogP contribution is -2.63. The zero-order valence-electron chi connectivity index (χ0n) is 21.1. The van der Waals surface area contributed by atoms with Crippen molar-refractivity contribution in [2.75, 3.05) is 59.0 Å². The van der Waals surface area contributed by atoms with E-state index in [1.54, 1.807) is 0 Å². The molecule has 4 aliphatic rings. The third kappa shape index (κ3) is 4.89. The molecule has 2 aromatic carbocycles. The van der Waals surface area contributed by atoms with E-state index in [0.29, 0.717) is 0 Å². The highest BCUT2D eigenvalue weighted by atomic mass is 15.5. The van der Waals surface area contributed by atoms with E-state index in [-0.39, 0.29) is 0 Å². The van der Waals surface area contributed by atoms with Gasteiger partial charge in [-0.05, 0) is 11.1 Å². The van der Waals surface area contributed by atoms with E-state index in [0.717, 1.165) is 45.9 Å². The molecule has 0 aliphatic carbocycles. The van der Waals surface area contributed by atoms with Gasteiger partial charge in [0.05, 0.1) is 65.4 Å². The zero-order chi connectivity index (χ0) is 23.5. The van der Waals surface area contributed by atoms with Gasteiger partial charge in [-0.2, -0.15) is 0 Å². The number of rotatable bonds is 6. The summed E-state index contributed by atoms with van der Waals surface area (Å²) in [6.07, 6.45) is 5.01. The van der Waals surface area contributed by atoms with Crippen molar-refractivity contribution in [3.05, 3.63) is 71.8 Å². The molecule has 184 valence electrons. The second kappa shape index (κ2) is 10.3. The Hall–Kier alpha value is -3.02. The highest BCUT2D eigenvalue weighted by Crippen LogP contribution is 2.20. The Morgan fingerprint density at radius 2 is 0.857 bits per heavy atom. The van der Waals surface area contributed by atoms with Gasteiger partial charge in [-0.3, -0.25) is 19.0 Å². The molecular weight excluding hydrogens is 432 g/mol. The minimum absolute atomic E-state index is 0.994. The Balaban J connectivity index is 1.25. The highest BCUT2D eigenvalue weighted by molar-refractivity contribution is 5.79. The molecule has 0 aromatic heterocycles. The van der Waals surface area contributed by atoms with Crippen LogP contribution in [0, 0.1) is 0 Å². The molecule has 2 aromatic rings. The standard InChI is InChI=1S/C29H40N6/c1-3-11-26(12-4-1)23-32-19-7-15-30-17-9-21-34(28(30)32)25-35-22-10-18-31-16-8-20-33(29(31)35)24-27-13-5-2-6-14-27/h1-6,11-14H,7-10,15-25H2/q+2. The van der Waals surface area contributed by atoms with Crippen LogP contribution in [0.5, 0.6) is 0 Å². The summed E-state index contributed by atoms with van der Waals surface area (Å²) in [5.41, 5.74) is 2.82. The highest BCUT2D eigenvalue weighted by Gasteiger charge is 2.41. The van der Waals surface area contributed by atoms with Crippen LogP contribution in [-0.4, -0.2) is 99.7 Å². The Kier molecular flexibility index (Phi) is 6.61. The van der Waals surface area contributed by atoms with Gasteiger partial charge in [0, 0.05) is 25.7 Å². The second-order valence-corrected chi connectivity index (χ2v) is 10.5. The second-order valence-electron chi connectivity index (χ2n) is 10.5. The molecule has 4 aliphatic heterocycles. The van der Waals surface area contributed by atoms with E-state index >= 15 is 0 Å². The van der Waals surface area contributed by atoms with E-state index in [4.69, 9.17) is 0 Å². The fourth-order valence-corrected chi connectivity index (χ4v) is 6.41. The molecule has 0 unspecified atom stereocenters. The molecule has 0 radical (unpaired) electrons. The lowest BCUT2D eigenvalue weighted by Gasteiger charge is -2.40. The van der Waals surface area contributed by atoms with E-state index in [9.17, 15) is 0 Å². The first-order valence-corrected chi connectivity index (χ1v) is 13.7. The molecular formula is C29H40N6+2. The molecule has 0 atom stereocenters. The van der Waals surface area contributed by atoms with Gasteiger partial charge in [0.2, 0.25) is 0 Å². The molecule has 4 heterocycles. The number of hydrogen-bond donors (Lipinski definition) is 0. The first-order chi connectivity index (χ1) is 17.3. The molecule has 0 N–H and O–H groups in total. The molecule has 35 heavy (non-hydrogen) atoms. The van der Waals surface area contributed by atoms with E-state index in [1.165, 1.54) is 74.9 Å². The quantitative estimate of drug-likeness (QED) is 0.602. The normalized spacial score (nSPS) is 20.8. The summed E-state index contributed by atoms with van der Waals surface area (Å²) in [6, 6.07) is 22.0. The van der Waals surface area contributed by atoms with Crippen LogP contribution >= 0.6 is 0 Å². The van der Waals surface area contributed by atoms with Crippen molar-refractivity contribution in [2.24, 2.45) is 0 Å². The molecule has 6 rings (SSSR count). The Morgan fingerprint density at radius 1 is 0.486 bits per heavy atom. The van der Waals surface area contributed by atoms with Gasteiger partial charge < -0.3 is 0 Å². The summed E-state index contributed by atoms with van der Waals surface area (Å²) in [5, 5.41) is 0. The molecule has 0 bridgehead atoms. The summed E-state index contributed by atoms with van der Waals surface area (Å²) in [7, 11) is 0. The van der Waals surface area contributed by atoms with Gasteiger partial charge in [-0.1, -0.05) is 60.7 Å². The first kappa shape index (κ1) is 22.4. The maximum atomic E-state index is 2.69. The van der Waals surface area contributed by atoms with Crippen molar-refractivity contribution in [3.63, 3.8) is 0 Å². The predicted molar refractivity (Wildman–Crippen MR) is 140 cm³/mol. The summed E-state index contributed by atoms with van der Waals surface area (Å²) >= 11 is 0. The van der Waals surface area contributed by atoms with Crippen LogP contribution in [0.4, 0.5) is 0 Å². The fourth-order valence-electron chi connectivity index (χ4n) is 6.41. The van der Waals surface area contributed by atoms with Gasteiger partial charge in [-0.25, -0.2) is 9.80 Å². The average molecular weight is 473 g/mol. The van der Waals surface area contributed by atoms with Gasteiger partial charge in [0.25, 0.3) is 0 Å². The summed E-state index contributed by atoms with van der Waals surface area (Å²) in [6.45, 7) is 12.4. The maximum Gasteiger partial charge on any atom is 0.353 e. The van der Waals surface area contributed by atoms with E-state index < -0.39 is 0 Å². The molecule has 6 nitrogen and oxygen atoms in total. The van der Waals surface area contributed by atoms with Crippen LogP contribution in [0.3, 0.4) is 0 Å². The predicted octanol–water partition coefficient (Wildman–Crippen LogP) is 2.90. The van der Waals surface area contributed by atoms with Crippen LogP contribution in [0.1, 0.15) is 36.8 Å². The van der Waals surface area contributed by atoms with Gasteiger partial charge in [0.15, 0.2) is 6.67 Å². The van der Waals surface area contributed by atoms with E-state index in [2.05, 4.69) is 89.4 Å². The smallest absolute Gasteiger partial charge is 0.264 e. The molecule has 6 heteroatoms. The lowest BCUT2D eigenvalue weighted by atomic mass is 10.1. The third-order valence-electron chi connectivity index (χ3n) is 7.90. The first-order valence-electron chi connectivity index (χ1n) is 13.7. The summed E-state index contributed by atoms with van der Waals surface area (Å²) in [4.78, 5) is 10.7. The van der Waals surface area contributed by atoms with Gasteiger partial charge >= 0.3 is 11.9 Å². The fraction of sp³-hybridized carbons (Fsp3) is 0.517. The molecule has 0 fully saturated rings. The Labute approximate surface area is 210 Å². The third-order valence-corrected chi connectivity index (χ3v) is 7.90. The van der Waals surface area contributed by atoms with Crippen molar-refractivity contribution in [2.45, 2.75) is 38.8 Å². The minimum atomic E-state index is 0.994. The van der Waals surface area contributed by atoms with Crippen molar-refractivity contribution < 1.29 is 9.15 Å². The molecule has 0 amide bonds. The number of benzene rings is 2. The average Bonchev–Trinajstić information content (AvgIpc) is 2.90. The van der Waals surface area contributed by atoms with Crippen LogP contribution in [0.25, 0.3) is 0 Å². The largest absolute Gasteiger partial charge is 0.353 e. The lowest BCUT2D eigenvalue weighted by molar-refractivity contribution is -0.553. The van der Waals surface area contributed by atoms with Crippen molar-refractivity contribution in [1.82, 2.24) is 19.6 Å². The number of hydrogen-bond acceptors (Lipinski definition) is 4. The molecule has 0 saturated heterocycles. The number of guanidine groups is 2. The van der Waals surface area contributed by atoms with Crippen molar-refractivity contribution in [1.29, 1.82) is 0 Å². The van der Waals surface area contributed by atoms with Crippen LogP contribution < -0.4 is 0 Å². The minimum Gasteiger partial charge on any atom is -0.264 e. The van der Waals surface area contributed by atoms with Crippen molar-refractivity contribution in [3.8, 4) is 0 Å². The summed E-state index contributed by atoms with van der Waals surface area (Å²) in [5.74, 6) is 2.93. The Bertz CT molecular complexity index is 970. The van der Waals surface area contributed by atoms with Gasteiger partial charge in [-0.15, -0.1) is 0 Å². The van der Waals surface area contributed by atoms with E-state index in [1.807, 2.05) is 0 Å². The van der Waals surface area contributed by atoms with Gasteiger partial charge in [0.1, 0.15) is 0 Å². The van der Waals surface area contributed by atoms with Crippen molar-refractivity contribution >= 4 is 11.9 Å². The Morgan fingerprint density at radius 3 is 1.26 bits per heavy atom. The SMILES string of the molecule is c1ccc(CN2CCC[N+]3=C2N(CN2CCC[N+]4=C2N(Cc2ccccc2)CCC4)CCC3)cc1. The monoisotopic (exact) mass is 472 g/mol. The zero-order valence-corrected chi connectivity index (χ0v) is 21.1. The van der Waals surface area contributed by atoms with Crippen LogP contribution in [0.2, 0.25) is 0 Å².